The topological polar surface area (TPSA) is 84.1 Å². The minimum Gasteiger partial charge on any atom is -0.423 e. The summed E-state index contributed by atoms with van der Waals surface area (Å²) in [4.78, 5) is 28.1. The third-order valence-electron chi connectivity index (χ3n) is 5.08. The van der Waals surface area contributed by atoms with Gasteiger partial charge in [-0.25, -0.2) is 9.97 Å². The number of aromatic nitrogens is 3. The Kier molecular flexibility index (Phi) is 4.20. The number of carbonyl (C=O) groups excluding carboxylic acids is 1. The molecule has 2 aromatic carbocycles. The van der Waals surface area contributed by atoms with Crippen molar-refractivity contribution in [3.05, 3.63) is 71.5 Å². The van der Waals surface area contributed by atoms with Crippen LogP contribution in [0.5, 0.6) is 0 Å². The van der Waals surface area contributed by atoms with Crippen LogP contribution in [0, 0.1) is 6.92 Å². The molecule has 0 bridgehead atoms. The molecule has 0 saturated heterocycles. The molecule has 0 radical (unpaired) electrons. The Morgan fingerprint density at radius 3 is 2.79 bits per heavy atom. The lowest BCUT2D eigenvalue weighted by Crippen LogP contribution is -2.36. The summed E-state index contributed by atoms with van der Waals surface area (Å²) in [6, 6.07) is 15.8. The average Bonchev–Trinajstić information content (AvgIpc) is 3.15. The molecule has 2 aromatic heterocycles. The van der Waals surface area contributed by atoms with Crippen LogP contribution >= 0.6 is 0 Å². The van der Waals surface area contributed by atoms with Gasteiger partial charge in [0.2, 0.25) is 5.95 Å². The van der Waals surface area contributed by atoms with Crippen LogP contribution in [-0.4, -0.2) is 27.4 Å². The fourth-order valence-corrected chi connectivity index (χ4v) is 3.65. The third-order valence-corrected chi connectivity index (χ3v) is 5.08. The number of fused-ring (bicyclic) bond motifs is 2. The van der Waals surface area contributed by atoms with Gasteiger partial charge in [0.25, 0.3) is 5.91 Å². The zero-order valence-corrected chi connectivity index (χ0v) is 15.9. The Hall–Kier alpha value is -3.74. The number of carbonyl (C=O) groups is 1. The maximum atomic E-state index is 13.2. The van der Waals surface area contributed by atoms with Gasteiger partial charge in [0.1, 0.15) is 5.52 Å². The monoisotopic (exact) mass is 385 g/mol. The van der Waals surface area contributed by atoms with Crippen LogP contribution in [0.15, 0.2) is 59.1 Å². The van der Waals surface area contributed by atoms with Gasteiger partial charge in [-0.3, -0.25) is 10.1 Å². The van der Waals surface area contributed by atoms with Gasteiger partial charge in [-0.05, 0) is 43.5 Å². The molecule has 1 aliphatic rings. The normalized spacial score (nSPS) is 13.3. The summed E-state index contributed by atoms with van der Waals surface area (Å²) in [5, 5.41) is 2.97. The van der Waals surface area contributed by atoms with Crippen molar-refractivity contribution in [3.63, 3.8) is 0 Å². The summed E-state index contributed by atoms with van der Waals surface area (Å²) in [6.07, 6.45) is 3.50. The van der Waals surface area contributed by atoms with Crippen molar-refractivity contribution in [1.29, 1.82) is 0 Å². The average molecular weight is 385 g/mol. The minimum atomic E-state index is -0.0805. The fraction of sp³-hybridized carbons (Fsp3) is 0.182. The lowest BCUT2D eigenvalue weighted by atomic mass is 10.0. The van der Waals surface area contributed by atoms with Crippen LogP contribution < -0.4 is 10.2 Å². The Bertz CT molecular complexity index is 1180. The van der Waals surface area contributed by atoms with Crippen LogP contribution in [-0.2, 0) is 6.42 Å². The Morgan fingerprint density at radius 2 is 1.93 bits per heavy atom. The summed E-state index contributed by atoms with van der Waals surface area (Å²) in [5.74, 6) is 0.257. The molecule has 1 amide bonds. The number of rotatable bonds is 3. The first kappa shape index (κ1) is 17.4. The highest BCUT2D eigenvalue weighted by molar-refractivity contribution is 6.07. The highest BCUT2D eigenvalue weighted by Crippen LogP contribution is 2.28. The van der Waals surface area contributed by atoms with E-state index in [0.717, 1.165) is 24.0 Å². The van der Waals surface area contributed by atoms with Gasteiger partial charge in [-0.1, -0.05) is 30.3 Å². The van der Waals surface area contributed by atoms with E-state index in [2.05, 4.69) is 26.3 Å². The number of amides is 1. The molecule has 144 valence electrons. The van der Waals surface area contributed by atoms with E-state index in [1.54, 1.807) is 6.20 Å². The molecular formula is C22H19N5O2. The van der Waals surface area contributed by atoms with Gasteiger partial charge in [-0.2, -0.15) is 4.98 Å². The molecule has 1 aliphatic heterocycles. The molecule has 0 unspecified atom stereocenters. The third kappa shape index (κ3) is 3.20. The molecular weight excluding hydrogens is 366 g/mol. The first-order valence-corrected chi connectivity index (χ1v) is 9.55. The molecule has 1 N–H and O–H groups in total. The van der Waals surface area contributed by atoms with Gasteiger partial charge in [0.05, 0.1) is 11.3 Å². The van der Waals surface area contributed by atoms with Crippen molar-refractivity contribution in [1.82, 2.24) is 15.0 Å². The largest absolute Gasteiger partial charge is 0.423 e. The van der Waals surface area contributed by atoms with E-state index in [-0.39, 0.29) is 5.91 Å². The number of para-hydroxylation sites is 3. The van der Waals surface area contributed by atoms with Crippen molar-refractivity contribution >= 4 is 34.7 Å². The van der Waals surface area contributed by atoms with E-state index >= 15 is 0 Å². The zero-order valence-electron chi connectivity index (χ0n) is 15.9. The van der Waals surface area contributed by atoms with Crippen molar-refractivity contribution in [2.45, 2.75) is 19.8 Å². The van der Waals surface area contributed by atoms with Gasteiger partial charge < -0.3 is 9.32 Å². The maximum absolute atomic E-state index is 13.2. The van der Waals surface area contributed by atoms with Crippen LogP contribution in [0.4, 0.5) is 17.7 Å². The second-order valence-electron chi connectivity index (χ2n) is 6.99. The number of oxazole rings is 1. The van der Waals surface area contributed by atoms with Crippen molar-refractivity contribution < 1.29 is 9.21 Å². The van der Waals surface area contributed by atoms with Crippen molar-refractivity contribution in [3.8, 4) is 0 Å². The van der Waals surface area contributed by atoms with Crippen LogP contribution in [0.1, 0.15) is 28.0 Å². The molecule has 5 rings (SSSR count). The summed E-state index contributed by atoms with van der Waals surface area (Å²) < 4.78 is 5.65. The molecule has 29 heavy (non-hydrogen) atoms. The fourth-order valence-electron chi connectivity index (χ4n) is 3.65. The Morgan fingerprint density at radius 1 is 1.10 bits per heavy atom. The Labute approximate surface area is 167 Å². The quantitative estimate of drug-likeness (QED) is 0.567. The number of nitrogens with one attached hydrogen (secondary N) is 1. The summed E-state index contributed by atoms with van der Waals surface area (Å²) in [6.45, 7) is 2.50. The summed E-state index contributed by atoms with van der Waals surface area (Å²) >= 11 is 0. The SMILES string of the molecule is Cc1nc(Nc2nc3ccccc3o2)ncc1C(=O)N1CCCc2ccccc21. The number of hydrogen-bond donors (Lipinski definition) is 1. The van der Waals surface area contributed by atoms with Crippen LogP contribution in [0.3, 0.4) is 0 Å². The second-order valence-corrected chi connectivity index (χ2v) is 6.99. The molecule has 0 fully saturated rings. The van der Waals surface area contributed by atoms with Gasteiger partial charge in [0.15, 0.2) is 5.58 Å². The van der Waals surface area contributed by atoms with Crippen molar-refractivity contribution in [2.24, 2.45) is 0 Å². The predicted octanol–water partition coefficient (Wildman–Crippen LogP) is 4.26. The molecule has 0 saturated carbocycles. The predicted molar refractivity (Wildman–Crippen MR) is 111 cm³/mol. The van der Waals surface area contributed by atoms with E-state index in [0.29, 0.717) is 35.3 Å². The van der Waals surface area contributed by atoms with Gasteiger partial charge >= 0.3 is 6.01 Å². The van der Waals surface area contributed by atoms with E-state index in [1.165, 1.54) is 5.56 Å². The summed E-state index contributed by atoms with van der Waals surface area (Å²) in [5.41, 5.74) is 4.69. The van der Waals surface area contributed by atoms with E-state index in [4.69, 9.17) is 4.42 Å². The first-order valence-electron chi connectivity index (χ1n) is 9.55. The number of hydrogen-bond acceptors (Lipinski definition) is 6. The summed E-state index contributed by atoms with van der Waals surface area (Å²) in [7, 11) is 0. The van der Waals surface area contributed by atoms with Crippen molar-refractivity contribution in [2.75, 3.05) is 16.8 Å². The smallest absolute Gasteiger partial charge is 0.302 e. The molecule has 4 aromatic rings. The van der Waals surface area contributed by atoms with Gasteiger partial charge in [-0.15, -0.1) is 0 Å². The van der Waals surface area contributed by atoms with Crippen LogP contribution in [0.2, 0.25) is 0 Å². The molecule has 0 atom stereocenters. The molecule has 3 heterocycles. The van der Waals surface area contributed by atoms with Gasteiger partial charge in [0, 0.05) is 18.4 Å². The molecule has 0 aliphatic carbocycles. The number of aryl methyl sites for hydroxylation is 2. The van der Waals surface area contributed by atoms with Crippen LogP contribution in [0.25, 0.3) is 11.1 Å². The highest BCUT2D eigenvalue weighted by atomic mass is 16.4. The van der Waals surface area contributed by atoms with E-state index in [9.17, 15) is 4.79 Å². The van der Waals surface area contributed by atoms with E-state index in [1.807, 2.05) is 54.3 Å². The lowest BCUT2D eigenvalue weighted by molar-refractivity contribution is 0.0984. The highest BCUT2D eigenvalue weighted by Gasteiger charge is 2.25. The number of benzene rings is 2. The standard InChI is InChI=1S/C22H19N5O2/c1-14-16(20(28)27-12-6-8-15-7-2-4-10-18(15)27)13-23-21(24-14)26-22-25-17-9-3-5-11-19(17)29-22/h2-5,7,9-11,13H,6,8,12H2,1H3,(H,23,24,25,26). The minimum absolute atomic E-state index is 0.0805. The lowest BCUT2D eigenvalue weighted by Gasteiger charge is -2.29. The zero-order chi connectivity index (χ0) is 19.8. The second kappa shape index (κ2) is 7.01. The molecule has 0 spiro atoms. The maximum Gasteiger partial charge on any atom is 0.302 e. The Balaban J connectivity index is 1.40. The number of anilines is 3. The van der Waals surface area contributed by atoms with E-state index < -0.39 is 0 Å². The molecule has 7 heteroatoms. The molecule has 7 nitrogen and oxygen atoms in total. The number of nitrogens with zero attached hydrogens (tertiary/aromatic N) is 4. The first-order chi connectivity index (χ1) is 14.2.